The molecule has 0 spiro atoms. The van der Waals surface area contributed by atoms with Crippen molar-refractivity contribution in [1.82, 2.24) is 0 Å². The van der Waals surface area contributed by atoms with Crippen LogP contribution in [0, 0.1) is 0 Å². The van der Waals surface area contributed by atoms with Gasteiger partial charge in [0.15, 0.2) is 0 Å². The fourth-order valence-corrected chi connectivity index (χ4v) is 2.86. The maximum atomic E-state index is 10.3. The Morgan fingerprint density at radius 1 is 0.448 bits per heavy atom. The van der Waals surface area contributed by atoms with Gasteiger partial charge in [-0.2, -0.15) is 0 Å². The van der Waals surface area contributed by atoms with Crippen molar-refractivity contribution >= 4 is 55.6 Å². The maximum absolute atomic E-state index is 10.3. The van der Waals surface area contributed by atoms with E-state index in [0.717, 1.165) is 12.8 Å². The van der Waals surface area contributed by atoms with Crippen molar-refractivity contribution in [3.63, 3.8) is 0 Å². The van der Waals surface area contributed by atoms with Crippen molar-refractivity contribution in [3.05, 3.63) is 0 Å². The molecule has 0 aromatic rings. The summed E-state index contributed by atoms with van der Waals surface area (Å²) < 4.78 is 0. The van der Waals surface area contributed by atoms with Gasteiger partial charge in [0.2, 0.25) is 0 Å². The Morgan fingerprint density at radius 2 is 0.690 bits per heavy atom. The Kier molecular flexibility index (Phi) is 31.8. The molecular weight excluding hydrogens is 400 g/mol. The normalized spacial score (nSPS) is 9.83. The van der Waals surface area contributed by atoms with Crippen LogP contribution in [-0.2, 0) is 14.4 Å². The SMILES string of the molecule is CCCCCCCCCCCCCCCCCC(=O)O.O=C(O)CCC(=O)O.[CaH2]. The van der Waals surface area contributed by atoms with Gasteiger partial charge in [-0.1, -0.05) is 96.8 Å². The van der Waals surface area contributed by atoms with Gasteiger partial charge in [-0.15, -0.1) is 0 Å². The number of hydrogen-bond acceptors (Lipinski definition) is 3. The number of carboxylic acid groups (broad SMARTS) is 3. The van der Waals surface area contributed by atoms with Crippen LogP contribution in [0.5, 0.6) is 0 Å². The Morgan fingerprint density at radius 3 is 0.931 bits per heavy atom. The van der Waals surface area contributed by atoms with Crippen molar-refractivity contribution in [3.8, 4) is 0 Å². The van der Waals surface area contributed by atoms with Crippen molar-refractivity contribution in [2.75, 3.05) is 0 Å². The van der Waals surface area contributed by atoms with Crippen molar-refractivity contribution in [2.24, 2.45) is 0 Å². The van der Waals surface area contributed by atoms with Crippen molar-refractivity contribution < 1.29 is 29.7 Å². The molecule has 0 heterocycles. The average Bonchev–Trinajstić information content (AvgIpc) is 2.63. The number of rotatable bonds is 19. The number of aliphatic carboxylic acids is 3. The van der Waals surface area contributed by atoms with Crippen molar-refractivity contribution in [1.29, 1.82) is 0 Å². The molecule has 0 aromatic heterocycles. The summed E-state index contributed by atoms with van der Waals surface area (Å²) in [5, 5.41) is 24.3. The summed E-state index contributed by atoms with van der Waals surface area (Å²) in [7, 11) is 0. The summed E-state index contributed by atoms with van der Waals surface area (Å²) in [5.74, 6) is -2.81. The molecule has 0 amide bonds. The summed E-state index contributed by atoms with van der Waals surface area (Å²) in [6.07, 6.45) is 19.6. The predicted octanol–water partition coefficient (Wildman–Crippen LogP) is 5.35. The van der Waals surface area contributed by atoms with Crippen LogP contribution < -0.4 is 0 Å². The molecule has 0 aliphatic heterocycles. The van der Waals surface area contributed by atoms with E-state index in [0.29, 0.717) is 6.42 Å². The second-order valence-electron chi connectivity index (χ2n) is 7.38. The van der Waals surface area contributed by atoms with Crippen LogP contribution >= 0.6 is 0 Å². The predicted molar refractivity (Wildman–Crippen MR) is 120 cm³/mol. The summed E-state index contributed by atoms with van der Waals surface area (Å²) >= 11 is 0. The van der Waals surface area contributed by atoms with Gasteiger partial charge >= 0.3 is 55.6 Å². The molecule has 0 radical (unpaired) electrons. The molecule has 170 valence electrons. The summed E-state index contributed by atoms with van der Waals surface area (Å²) in [6.45, 7) is 2.27. The number of carbonyl (C=O) groups is 3. The van der Waals surface area contributed by atoms with E-state index in [1.54, 1.807) is 0 Å². The summed E-state index contributed by atoms with van der Waals surface area (Å²) in [4.78, 5) is 29.6. The molecule has 0 rings (SSSR count). The first-order valence-electron chi connectivity index (χ1n) is 11.1. The molecule has 0 unspecified atom stereocenters. The van der Waals surface area contributed by atoms with E-state index in [9.17, 15) is 14.4 Å². The number of hydrogen-bond donors (Lipinski definition) is 3. The number of unbranched alkanes of at least 4 members (excludes halogenated alkanes) is 14. The minimum absolute atomic E-state index is 0. The van der Waals surface area contributed by atoms with Crippen LogP contribution in [0.15, 0.2) is 0 Å². The molecule has 0 saturated heterocycles. The Labute approximate surface area is 206 Å². The second-order valence-corrected chi connectivity index (χ2v) is 7.38. The topological polar surface area (TPSA) is 112 Å². The molecule has 29 heavy (non-hydrogen) atoms. The van der Waals surface area contributed by atoms with Gasteiger partial charge in [0, 0.05) is 6.42 Å². The standard InChI is InChI=1S/C18H36O2.C4H6O4.Ca.2H/c1-2-3-4-5-6-7-8-9-10-11-12-13-14-15-16-17-18(19)20;5-3(6)1-2-4(7)8;;;/h2-17H2,1H3,(H,19,20);1-2H2,(H,5,6)(H,7,8);;;. The minimum atomic E-state index is -1.08. The van der Waals surface area contributed by atoms with E-state index in [1.165, 1.54) is 83.5 Å². The third kappa shape index (κ3) is 38.8. The molecule has 0 saturated carbocycles. The van der Waals surface area contributed by atoms with Gasteiger partial charge < -0.3 is 15.3 Å². The molecule has 0 aromatic carbocycles. The third-order valence-electron chi connectivity index (χ3n) is 4.55. The second kappa shape index (κ2) is 27.7. The first-order chi connectivity index (χ1) is 13.4. The molecule has 0 atom stereocenters. The van der Waals surface area contributed by atoms with Gasteiger partial charge in [0.25, 0.3) is 0 Å². The summed E-state index contributed by atoms with van der Waals surface area (Å²) in [6, 6.07) is 0. The van der Waals surface area contributed by atoms with Crippen LogP contribution in [0.3, 0.4) is 0 Å². The molecular formula is C22H44CaO6. The van der Waals surface area contributed by atoms with Crippen LogP contribution in [0.2, 0.25) is 0 Å². The molecule has 0 bridgehead atoms. The molecule has 0 aliphatic carbocycles. The zero-order chi connectivity index (χ0) is 21.5. The van der Waals surface area contributed by atoms with E-state index in [1.807, 2.05) is 0 Å². The fraction of sp³-hybridized carbons (Fsp3) is 0.864. The zero-order valence-electron chi connectivity index (χ0n) is 17.8. The van der Waals surface area contributed by atoms with E-state index in [4.69, 9.17) is 15.3 Å². The Balaban J connectivity index is -0.000000636. The van der Waals surface area contributed by atoms with Crippen LogP contribution in [0.4, 0.5) is 0 Å². The Hall–Kier alpha value is -0.330. The van der Waals surface area contributed by atoms with Crippen LogP contribution in [0.1, 0.15) is 122 Å². The van der Waals surface area contributed by atoms with E-state index >= 15 is 0 Å². The number of carboxylic acids is 3. The van der Waals surface area contributed by atoms with Gasteiger partial charge in [-0.25, -0.2) is 0 Å². The zero-order valence-corrected chi connectivity index (χ0v) is 17.8. The first kappa shape index (κ1) is 33.3. The van der Waals surface area contributed by atoms with Gasteiger partial charge in [-0.3, -0.25) is 14.4 Å². The quantitative estimate of drug-likeness (QED) is 0.183. The molecule has 6 nitrogen and oxygen atoms in total. The monoisotopic (exact) mass is 444 g/mol. The van der Waals surface area contributed by atoms with E-state index in [-0.39, 0.29) is 50.6 Å². The van der Waals surface area contributed by atoms with Crippen molar-refractivity contribution in [2.45, 2.75) is 122 Å². The molecule has 0 fully saturated rings. The first-order valence-corrected chi connectivity index (χ1v) is 11.1. The fourth-order valence-electron chi connectivity index (χ4n) is 2.86. The molecule has 0 aliphatic rings. The average molecular weight is 445 g/mol. The van der Waals surface area contributed by atoms with Gasteiger partial charge in [0.05, 0.1) is 12.8 Å². The van der Waals surface area contributed by atoms with E-state index < -0.39 is 17.9 Å². The van der Waals surface area contributed by atoms with Crippen LogP contribution in [-0.4, -0.2) is 71.0 Å². The van der Waals surface area contributed by atoms with E-state index in [2.05, 4.69) is 6.92 Å². The van der Waals surface area contributed by atoms with Gasteiger partial charge in [0.1, 0.15) is 0 Å². The van der Waals surface area contributed by atoms with Crippen LogP contribution in [0.25, 0.3) is 0 Å². The Bertz CT molecular complexity index is 373. The van der Waals surface area contributed by atoms with Gasteiger partial charge in [-0.05, 0) is 6.42 Å². The molecule has 7 heteroatoms. The summed E-state index contributed by atoms with van der Waals surface area (Å²) in [5.41, 5.74) is 0. The molecule has 3 N–H and O–H groups in total. The third-order valence-corrected chi connectivity index (χ3v) is 4.55.